The van der Waals surface area contributed by atoms with Crippen LogP contribution < -0.4 is 0 Å². The first-order valence-corrected chi connectivity index (χ1v) is 6.83. The van der Waals surface area contributed by atoms with Gasteiger partial charge in [0.2, 0.25) is 0 Å². The van der Waals surface area contributed by atoms with Gasteiger partial charge in [0.25, 0.3) is 0 Å². The molecule has 0 saturated heterocycles. The number of halogens is 4. The Labute approximate surface area is 126 Å². The molecular formula is C17H15F4N. The number of benzene rings is 1. The third-order valence-electron chi connectivity index (χ3n) is 3.24. The molecule has 0 aliphatic rings. The van der Waals surface area contributed by atoms with Crippen molar-refractivity contribution in [2.24, 2.45) is 0 Å². The Bertz CT molecular complexity index is 702. The van der Waals surface area contributed by atoms with Crippen molar-refractivity contribution in [3.63, 3.8) is 0 Å². The summed E-state index contributed by atoms with van der Waals surface area (Å²) in [7, 11) is 0. The average Bonchev–Trinajstić information content (AvgIpc) is 2.45. The monoisotopic (exact) mass is 309 g/mol. The highest BCUT2D eigenvalue weighted by Gasteiger charge is 2.34. The van der Waals surface area contributed by atoms with E-state index in [1.807, 2.05) is 26.0 Å². The Morgan fingerprint density at radius 2 is 1.86 bits per heavy atom. The molecule has 2 aromatic rings. The van der Waals surface area contributed by atoms with Crippen molar-refractivity contribution in [3.8, 4) is 11.1 Å². The van der Waals surface area contributed by atoms with Crippen LogP contribution >= 0.6 is 0 Å². The first-order chi connectivity index (χ1) is 10.3. The van der Waals surface area contributed by atoms with E-state index in [1.54, 1.807) is 6.07 Å². The zero-order chi connectivity index (χ0) is 16.3. The van der Waals surface area contributed by atoms with Gasteiger partial charge in [-0.25, -0.2) is 4.39 Å². The Hall–Kier alpha value is -2.17. The maximum Gasteiger partial charge on any atom is 0.419 e. The van der Waals surface area contributed by atoms with Crippen LogP contribution in [0.2, 0.25) is 0 Å². The molecule has 22 heavy (non-hydrogen) atoms. The van der Waals surface area contributed by atoms with E-state index in [4.69, 9.17) is 0 Å². The predicted molar refractivity (Wildman–Crippen MR) is 78.7 cm³/mol. The van der Waals surface area contributed by atoms with Gasteiger partial charge in [-0.1, -0.05) is 19.1 Å². The van der Waals surface area contributed by atoms with Gasteiger partial charge in [0.1, 0.15) is 5.82 Å². The summed E-state index contributed by atoms with van der Waals surface area (Å²) in [6.45, 7) is 3.83. The summed E-state index contributed by atoms with van der Waals surface area (Å²) in [4.78, 5) is 4.24. The highest BCUT2D eigenvalue weighted by atomic mass is 19.4. The molecule has 0 fully saturated rings. The van der Waals surface area contributed by atoms with E-state index >= 15 is 0 Å². The summed E-state index contributed by atoms with van der Waals surface area (Å²) in [5, 5.41) is 0. The zero-order valence-corrected chi connectivity index (χ0v) is 12.2. The van der Waals surface area contributed by atoms with E-state index in [0.29, 0.717) is 5.56 Å². The molecule has 0 bridgehead atoms. The molecule has 0 radical (unpaired) electrons. The summed E-state index contributed by atoms with van der Waals surface area (Å²) >= 11 is 0. The van der Waals surface area contributed by atoms with Gasteiger partial charge in [-0.05, 0) is 48.7 Å². The number of aromatic nitrogens is 1. The van der Waals surface area contributed by atoms with Gasteiger partial charge in [-0.15, -0.1) is 0 Å². The summed E-state index contributed by atoms with van der Waals surface area (Å²) in [5.74, 6) is -1.27. The van der Waals surface area contributed by atoms with Crippen LogP contribution in [0.4, 0.5) is 17.6 Å². The lowest BCUT2D eigenvalue weighted by Gasteiger charge is -2.11. The second kappa shape index (κ2) is 6.30. The molecule has 116 valence electrons. The van der Waals surface area contributed by atoms with Crippen LogP contribution in [0.15, 0.2) is 36.5 Å². The van der Waals surface area contributed by atoms with Crippen LogP contribution in [0, 0.1) is 12.7 Å². The van der Waals surface area contributed by atoms with Crippen molar-refractivity contribution in [1.29, 1.82) is 0 Å². The summed E-state index contributed by atoms with van der Waals surface area (Å²) in [6, 6.07) is 4.71. The fourth-order valence-electron chi connectivity index (χ4n) is 2.07. The molecule has 1 nitrogen and oxygen atoms in total. The molecular weight excluding hydrogens is 294 g/mol. The van der Waals surface area contributed by atoms with E-state index in [-0.39, 0.29) is 5.56 Å². The fourth-order valence-corrected chi connectivity index (χ4v) is 2.07. The van der Waals surface area contributed by atoms with Crippen molar-refractivity contribution >= 4 is 6.08 Å². The summed E-state index contributed by atoms with van der Waals surface area (Å²) < 4.78 is 51.6. The topological polar surface area (TPSA) is 12.9 Å². The lowest BCUT2D eigenvalue weighted by Crippen LogP contribution is -2.08. The molecule has 0 aliphatic carbocycles. The van der Waals surface area contributed by atoms with Crippen molar-refractivity contribution in [2.75, 3.05) is 0 Å². The van der Waals surface area contributed by atoms with Crippen molar-refractivity contribution in [1.82, 2.24) is 4.98 Å². The second-order valence-electron chi connectivity index (χ2n) is 4.93. The largest absolute Gasteiger partial charge is 0.419 e. The molecule has 0 unspecified atom stereocenters. The molecule has 5 heteroatoms. The van der Waals surface area contributed by atoms with Gasteiger partial charge in [-0.3, -0.25) is 4.98 Å². The molecule has 1 aromatic carbocycles. The third-order valence-corrected chi connectivity index (χ3v) is 3.24. The number of hydrogen-bond acceptors (Lipinski definition) is 1. The lowest BCUT2D eigenvalue weighted by atomic mass is 10.0. The first kappa shape index (κ1) is 16.2. The molecule has 0 atom stereocenters. The highest BCUT2D eigenvalue weighted by Crippen LogP contribution is 2.34. The number of hydrogen-bond donors (Lipinski definition) is 0. The fraction of sp³-hybridized carbons (Fsp3) is 0.235. The van der Waals surface area contributed by atoms with E-state index in [2.05, 4.69) is 4.98 Å². The Balaban J connectivity index is 2.45. The first-order valence-electron chi connectivity index (χ1n) is 6.83. The molecule has 1 aromatic heterocycles. The predicted octanol–water partition coefficient (Wildman–Crippen LogP) is 5.64. The second-order valence-corrected chi connectivity index (χ2v) is 4.93. The Morgan fingerprint density at radius 1 is 1.14 bits per heavy atom. The lowest BCUT2D eigenvalue weighted by molar-refractivity contribution is -0.139. The minimum absolute atomic E-state index is 0.287. The van der Waals surface area contributed by atoms with E-state index in [0.717, 1.165) is 29.8 Å². The van der Waals surface area contributed by atoms with Crippen molar-refractivity contribution in [2.45, 2.75) is 26.4 Å². The molecule has 0 spiro atoms. The maximum absolute atomic E-state index is 13.3. The van der Waals surface area contributed by atoms with Crippen LogP contribution in [0.25, 0.3) is 17.2 Å². The van der Waals surface area contributed by atoms with Gasteiger partial charge >= 0.3 is 6.18 Å². The molecule has 0 N–H and O–H groups in total. The number of nitrogens with zero attached hydrogens (tertiary/aromatic N) is 1. The van der Waals surface area contributed by atoms with Gasteiger partial charge < -0.3 is 0 Å². The van der Waals surface area contributed by atoms with E-state index < -0.39 is 17.6 Å². The highest BCUT2D eigenvalue weighted by molar-refractivity contribution is 5.66. The van der Waals surface area contributed by atoms with Crippen LogP contribution in [0.3, 0.4) is 0 Å². The SMILES string of the molecule is CC/C=C\c1ncc(-c2ccc(F)c(C(F)(F)F)c2)cc1C. The number of rotatable bonds is 3. The molecule has 0 amide bonds. The van der Waals surface area contributed by atoms with Crippen LogP contribution in [-0.2, 0) is 6.18 Å². The standard InChI is InChI=1S/C17H15F4N/c1-3-4-5-16-11(2)8-13(10-22-16)12-6-7-15(18)14(9-12)17(19,20)21/h4-10H,3H2,1-2H3/b5-4-. The van der Waals surface area contributed by atoms with E-state index in [1.165, 1.54) is 12.3 Å². The van der Waals surface area contributed by atoms with Gasteiger partial charge in [0.15, 0.2) is 0 Å². The molecule has 0 aliphatic heterocycles. The van der Waals surface area contributed by atoms with Crippen molar-refractivity contribution in [3.05, 3.63) is 59.2 Å². The number of allylic oxidation sites excluding steroid dienone is 1. The summed E-state index contributed by atoms with van der Waals surface area (Å²) in [6.07, 6.45) is 1.47. The average molecular weight is 309 g/mol. The Kier molecular flexibility index (Phi) is 4.64. The maximum atomic E-state index is 13.3. The van der Waals surface area contributed by atoms with Crippen LogP contribution in [-0.4, -0.2) is 4.98 Å². The number of aryl methyl sites for hydroxylation is 1. The zero-order valence-electron chi connectivity index (χ0n) is 12.2. The third kappa shape index (κ3) is 3.53. The van der Waals surface area contributed by atoms with Crippen molar-refractivity contribution < 1.29 is 17.6 Å². The van der Waals surface area contributed by atoms with Gasteiger partial charge in [0, 0.05) is 11.8 Å². The minimum atomic E-state index is -4.72. The molecule has 1 heterocycles. The van der Waals surface area contributed by atoms with Gasteiger partial charge in [-0.2, -0.15) is 13.2 Å². The summed E-state index contributed by atoms with van der Waals surface area (Å²) in [5.41, 5.74) is 1.16. The quantitative estimate of drug-likeness (QED) is 0.669. The molecule has 2 rings (SSSR count). The normalized spacial score (nSPS) is 12.1. The number of alkyl halides is 3. The Morgan fingerprint density at radius 3 is 2.45 bits per heavy atom. The van der Waals surface area contributed by atoms with Crippen LogP contribution in [0.5, 0.6) is 0 Å². The van der Waals surface area contributed by atoms with Crippen LogP contribution in [0.1, 0.15) is 30.2 Å². The van der Waals surface area contributed by atoms with Gasteiger partial charge in [0.05, 0.1) is 11.3 Å². The minimum Gasteiger partial charge on any atom is -0.256 e. The van der Waals surface area contributed by atoms with E-state index in [9.17, 15) is 17.6 Å². The number of pyridine rings is 1. The smallest absolute Gasteiger partial charge is 0.256 e. The molecule has 0 saturated carbocycles.